The summed E-state index contributed by atoms with van der Waals surface area (Å²) >= 11 is 0. The third-order valence-electron chi connectivity index (χ3n) is 3.32. The van der Waals surface area contributed by atoms with Crippen LogP contribution >= 0.6 is 0 Å². The Hall–Kier alpha value is -0.570. The van der Waals surface area contributed by atoms with Crippen molar-refractivity contribution < 1.29 is 9.90 Å². The minimum Gasteiger partial charge on any atom is -0.481 e. The average molecular weight is 199 g/mol. The molecule has 0 amide bonds. The van der Waals surface area contributed by atoms with Gasteiger partial charge in [0.1, 0.15) is 0 Å². The van der Waals surface area contributed by atoms with Crippen LogP contribution in [0.1, 0.15) is 39.5 Å². The van der Waals surface area contributed by atoms with E-state index in [1.165, 1.54) is 0 Å². The van der Waals surface area contributed by atoms with Crippen molar-refractivity contribution in [2.45, 2.75) is 39.5 Å². The third kappa shape index (κ3) is 2.27. The summed E-state index contributed by atoms with van der Waals surface area (Å²) in [5, 5.41) is 9.27. The standard InChI is InChI=1S/C11H21NO2/c1-8(2)5-6-11(7-12,10(13)14)9-3-4-9/h8-9H,3-7,12H2,1-2H3,(H,13,14). The minimum absolute atomic E-state index is 0.291. The van der Waals surface area contributed by atoms with Gasteiger partial charge < -0.3 is 10.8 Å². The molecule has 0 aromatic carbocycles. The Morgan fingerprint density at radius 2 is 2.14 bits per heavy atom. The van der Waals surface area contributed by atoms with Crippen molar-refractivity contribution in [3.8, 4) is 0 Å². The van der Waals surface area contributed by atoms with Crippen molar-refractivity contribution in [1.82, 2.24) is 0 Å². The molecule has 82 valence electrons. The molecule has 0 saturated heterocycles. The molecule has 14 heavy (non-hydrogen) atoms. The molecular weight excluding hydrogens is 178 g/mol. The molecule has 1 aliphatic rings. The van der Waals surface area contributed by atoms with E-state index in [1.807, 2.05) is 0 Å². The maximum Gasteiger partial charge on any atom is 0.311 e. The fraction of sp³-hybridized carbons (Fsp3) is 0.909. The number of aliphatic carboxylic acids is 1. The highest BCUT2D eigenvalue weighted by atomic mass is 16.4. The first kappa shape index (κ1) is 11.5. The van der Waals surface area contributed by atoms with Gasteiger partial charge in [-0.3, -0.25) is 4.79 Å². The molecule has 0 bridgehead atoms. The van der Waals surface area contributed by atoms with Gasteiger partial charge in [-0.15, -0.1) is 0 Å². The zero-order valence-electron chi connectivity index (χ0n) is 9.12. The Morgan fingerprint density at radius 3 is 2.43 bits per heavy atom. The lowest BCUT2D eigenvalue weighted by molar-refractivity contribution is -0.150. The quantitative estimate of drug-likeness (QED) is 0.686. The molecule has 3 N–H and O–H groups in total. The molecule has 0 heterocycles. The Balaban J connectivity index is 2.63. The Kier molecular flexibility index (Phi) is 3.53. The van der Waals surface area contributed by atoms with Crippen molar-refractivity contribution in [3.05, 3.63) is 0 Å². The fourth-order valence-electron chi connectivity index (χ4n) is 2.02. The molecule has 1 saturated carbocycles. The van der Waals surface area contributed by atoms with Crippen LogP contribution in [0.4, 0.5) is 0 Å². The molecule has 0 aliphatic heterocycles. The van der Waals surface area contributed by atoms with Crippen LogP contribution in [0.25, 0.3) is 0 Å². The molecule has 0 aromatic rings. The highest BCUT2D eigenvalue weighted by molar-refractivity contribution is 5.75. The van der Waals surface area contributed by atoms with Crippen LogP contribution in [0, 0.1) is 17.3 Å². The number of carboxylic acid groups (broad SMARTS) is 1. The lowest BCUT2D eigenvalue weighted by Crippen LogP contribution is -2.41. The summed E-state index contributed by atoms with van der Waals surface area (Å²) in [6.07, 6.45) is 3.78. The van der Waals surface area contributed by atoms with Gasteiger partial charge >= 0.3 is 5.97 Å². The number of carboxylic acids is 1. The van der Waals surface area contributed by atoms with E-state index >= 15 is 0 Å². The summed E-state index contributed by atoms with van der Waals surface area (Å²) in [5.41, 5.74) is 5.03. The van der Waals surface area contributed by atoms with Crippen molar-refractivity contribution in [3.63, 3.8) is 0 Å². The number of hydrogen-bond donors (Lipinski definition) is 2. The van der Waals surface area contributed by atoms with Crippen LogP contribution in [0.3, 0.4) is 0 Å². The van der Waals surface area contributed by atoms with Gasteiger partial charge in [0.05, 0.1) is 5.41 Å². The van der Waals surface area contributed by atoms with Gasteiger partial charge in [0, 0.05) is 6.54 Å². The maximum absolute atomic E-state index is 11.3. The second kappa shape index (κ2) is 4.30. The highest BCUT2D eigenvalue weighted by Crippen LogP contribution is 2.48. The van der Waals surface area contributed by atoms with E-state index in [2.05, 4.69) is 13.8 Å². The molecule has 3 heteroatoms. The predicted molar refractivity (Wildman–Crippen MR) is 55.9 cm³/mol. The number of rotatable bonds is 6. The average Bonchev–Trinajstić information content (AvgIpc) is 2.89. The zero-order chi connectivity index (χ0) is 10.8. The monoisotopic (exact) mass is 199 g/mol. The summed E-state index contributed by atoms with van der Waals surface area (Å²) in [6, 6.07) is 0. The van der Waals surface area contributed by atoms with Gasteiger partial charge in [0.25, 0.3) is 0 Å². The van der Waals surface area contributed by atoms with Crippen LogP contribution in [0.15, 0.2) is 0 Å². The first-order valence-corrected chi connectivity index (χ1v) is 5.46. The molecule has 1 atom stereocenters. The molecule has 0 radical (unpaired) electrons. The summed E-state index contributed by atoms with van der Waals surface area (Å²) < 4.78 is 0. The highest BCUT2D eigenvalue weighted by Gasteiger charge is 2.49. The first-order chi connectivity index (χ1) is 6.53. The third-order valence-corrected chi connectivity index (χ3v) is 3.32. The fourth-order valence-corrected chi connectivity index (χ4v) is 2.02. The second-order valence-corrected chi connectivity index (χ2v) is 4.87. The van der Waals surface area contributed by atoms with E-state index in [1.54, 1.807) is 0 Å². The van der Waals surface area contributed by atoms with E-state index in [-0.39, 0.29) is 0 Å². The largest absolute Gasteiger partial charge is 0.481 e. The van der Waals surface area contributed by atoms with Crippen molar-refractivity contribution in [2.24, 2.45) is 23.0 Å². The predicted octanol–water partition coefficient (Wildman–Crippen LogP) is 1.86. The van der Waals surface area contributed by atoms with Crippen LogP contribution < -0.4 is 5.73 Å². The summed E-state index contributed by atoms with van der Waals surface area (Å²) in [5.74, 6) is 0.200. The number of carbonyl (C=O) groups is 1. The van der Waals surface area contributed by atoms with Crippen molar-refractivity contribution in [2.75, 3.05) is 6.54 Å². The van der Waals surface area contributed by atoms with E-state index in [0.29, 0.717) is 18.4 Å². The van der Waals surface area contributed by atoms with E-state index in [4.69, 9.17) is 5.73 Å². The molecule has 3 nitrogen and oxygen atoms in total. The van der Waals surface area contributed by atoms with Gasteiger partial charge in [-0.1, -0.05) is 13.8 Å². The van der Waals surface area contributed by atoms with Crippen LogP contribution in [0.2, 0.25) is 0 Å². The van der Waals surface area contributed by atoms with Gasteiger partial charge in [0.2, 0.25) is 0 Å². The summed E-state index contributed by atoms with van der Waals surface area (Å²) in [4.78, 5) is 11.3. The topological polar surface area (TPSA) is 63.3 Å². The van der Waals surface area contributed by atoms with Crippen LogP contribution in [-0.2, 0) is 4.79 Å². The molecule has 0 spiro atoms. The molecule has 1 unspecified atom stereocenters. The molecule has 1 rings (SSSR count). The van der Waals surface area contributed by atoms with Crippen molar-refractivity contribution >= 4 is 5.97 Å². The SMILES string of the molecule is CC(C)CCC(CN)(C(=O)O)C1CC1. The Labute approximate surface area is 85.7 Å². The minimum atomic E-state index is -0.692. The second-order valence-electron chi connectivity index (χ2n) is 4.87. The van der Waals surface area contributed by atoms with Crippen molar-refractivity contribution in [1.29, 1.82) is 0 Å². The molecule has 0 aromatic heterocycles. The van der Waals surface area contributed by atoms with Gasteiger partial charge in [-0.2, -0.15) is 0 Å². The lowest BCUT2D eigenvalue weighted by Gasteiger charge is -2.28. The smallest absolute Gasteiger partial charge is 0.311 e. The number of hydrogen-bond acceptors (Lipinski definition) is 2. The van der Waals surface area contributed by atoms with Gasteiger partial charge in [-0.05, 0) is 37.5 Å². The Bertz CT molecular complexity index is 211. The normalized spacial score (nSPS) is 20.9. The Morgan fingerprint density at radius 1 is 1.57 bits per heavy atom. The molecule has 1 aliphatic carbocycles. The molecule has 1 fully saturated rings. The van der Waals surface area contributed by atoms with Crippen LogP contribution in [-0.4, -0.2) is 17.6 Å². The van der Waals surface area contributed by atoms with Gasteiger partial charge in [-0.25, -0.2) is 0 Å². The summed E-state index contributed by atoms with van der Waals surface area (Å²) in [6.45, 7) is 4.53. The maximum atomic E-state index is 11.3. The zero-order valence-corrected chi connectivity index (χ0v) is 9.12. The first-order valence-electron chi connectivity index (χ1n) is 5.46. The molecular formula is C11H21NO2. The van der Waals surface area contributed by atoms with E-state index in [9.17, 15) is 9.90 Å². The lowest BCUT2D eigenvalue weighted by atomic mass is 9.77. The van der Waals surface area contributed by atoms with E-state index in [0.717, 1.165) is 25.7 Å². The van der Waals surface area contributed by atoms with E-state index < -0.39 is 11.4 Å². The van der Waals surface area contributed by atoms with Gasteiger partial charge in [0.15, 0.2) is 0 Å². The summed E-state index contributed by atoms with van der Waals surface area (Å²) in [7, 11) is 0. The van der Waals surface area contributed by atoms with Crippen LogP contribution in [0.5, 0.6) is 0 Å². The number of nitrogens with two attached hydrogens (primary N) is 1.